The zero-order chi connectivity index (χ0) is 19.0. The first kappa shape index (κ1) is 17.7. The summed E-state index contributed by atoms with van der Waals surface area (Å²) in [7, 11) is 3.97. The smallest absolute Gasteiger partial charge is 0.254 e. The molecule has 2 aromatic heterocycles. The molecule has 7 nitrogen and oxygen atoms in total. The van der Waals surface area contributed by atoms with Gasteiger partial charge in [-0.25, -0.2) is 9.37 Å². The van der Waals surface area contributed by atoms with E-state index in [1.807, 2.05) is 44.1 Å². The van der Waals surface area contributed by atoms with E-state index in [0.29, 0.717) is 18.0 Å². The number of hydrogen-bond acceptors (Lipinski definition) is 6. The van der Waals surface area contributed by atoms with Crippen LogP contribution in [0.4, 0.5) is 15.9 Å². The number of para-hydroxylation sites is 1. The van der Waals surface area contributed by atoms with Gasteiger partial charge in [-0.2, -0.15) is 9.50 Å². The zero-order valence-electron chi connectivity index (χ0n) is 15.9. The van der Waals surface area contributed by atoms with E-state index < -0.39 is 0 Å². The van der Waals surface area contributed by atoms with Gasteiger partial charge in [-0.15, -0.1) is 5.10 Å². The maximum Gasteiger partial charge on any atom is 0.254 e. The average Bonchev–Trinajstić information content (AvgIpc) is 3.04. The molecule has 0 bridgehead atoms. The topological polar surface area (TPSA) is 52.8 Å². The Hall–Kier alpha value is -2.74. The van der Waals surface area contributed by atoms with Gasteiger partial charge in [-0.3, -0.25) is 4.90 Å². The average molecular weight is 369 g/mol. The molecule has 142 valence electrons. The third-order valence-electron chi connectivity index (χ3n) is 4.85. The number of aryl methyl sites for hydroxylation is 1. The zero-order valence-corrected chi connectivity index (χ0v) is 15.9. The van der Waals surface area contributed by atoms with Crippen molar-refractivity contribution in [2.75, 3.05) is 50.1 Å². The van der Waals surface area contributed by atoms with Gasteiger partial charge in [-0.1, -0.05) is 12.1 Å². The Labute approximate surface area is 158 Å². The summed E-state index contributed by atoms with van der Waals surface area (Å²) in [5.74, 6) is 2.18. The van der Waals surface area contributed by atoms with Crippen LogP contribution >= 0.6 is 0 Å². The van der Waals surface area contributed by atoms with Crippen LogP contribution in [0.15, 0.2) is 30.3 Å². The van der Waals surface area contributed by atoms with E-state index in [1.54, 1.807) is 10.6 Å². The molecule has 0 saturated carbocycles. The van der Waals surface area contributed by atoms with Crippen LogP contribution in [0.2, 0.25) is 0 Å². The summed E-state index contributed by atoms with van der Waals surface area (Å²) in [6.45, 7) is 5.89. The van der Waals surface area contributed by atoms with Crippen molar-refractivity contribution in [2.24, 2.45) is 0 Å². The highest BCUT2D eigenvalue weighted by Crippen LogP contribution is 2.21. The van der Waals surface area contributed by atoms with Gasteiger partial charge in [0.1, 0.15) is 11.6 Å². The molecule has 0 N–H and O–H groups in total. The predicted molar refractivity (Wildman–Crippen MR) is 104 cm³/mol. The maximum absolute atomic E-state index is 14.0. The lowest BCUT2D eigenvalue weighted by Crippen LogP contribution is -2.46. The van der Waals surface area contributed by atoms with Gasteiger partial charge >= 0.3 is 0 Å². The van der Waals surface area contributed by atoms with Crippen LogP contribution in [-0.2, 0) is 6.54 Å². The van der Waals surface area contributed by atoms with Crippen molar-refractivity contribution in [2.45, 2.75) is 13.5 Å². The second kappa shape index (κ2) is 7.11. The molecule has 1 aromatic carbocycles. The Bertz CT molecular complexity index is 944. The van der Waals surface area contributed by atoms with E-state index in [9.17, 15) is 4.39 Å². The fraction of sp³-hybridized carbons (Fsp3) is 0.421. The predicted octanol–water partition coefficient (Wildman–Crippen LogP) is 1.96. The summed E-state index contributed by atoms with van der Waals surface area (Å²) in [4.78, 5) is 15.5. The lowest BCUT2D eigenvalue weighted by Gasteiger charge is -2.35. The minimum Gasteiger partial charge on any atom is -0.367 e. The number of fused-ring (bicyclic) bond motifs is 1. The van der Waals surface area contributed by atoms with Gasteiger partial charge < -0.3 is 9.80 Å². The van der Waals surface area contributed by atoms with Crippen LogP contribution in [0, 0.1) is 12.7 Å². The standard InChI is InChI=1S/C19H24FN7/c1-14-12-18(24(2)3)27-19(21-14)22-17(23-27)13-25-8-10-26(11-9-25)16-7-5-4-6-15(16)20/h4-7,12H,8-11,13H2,1-3H3. The molecule has 1 aliphatic heterocycles. The monoisotopic (exact) mass is 369 g/mol. The Morgan fingerprint density at radius 2 is 1.81 bits per heavy atom. The first-order chi connectivity index (χ1) is 13.0. The van der Waals surface area contributed by atoms with Gasteiger partial charge in [0.05, 0.1) is 12.2 Å². The molecule has 3 heterocycles. The summed E-state index contributed by atoms with van der Waals surface area (Å²) >= 11 is 0. The molecule has 1 fully saturated rings. The third kappa shape index (κ3) is 3.57. The highest BCUT2D eigenvalue weighted by Gasteiger charge is 2.21. The Morgan fingerprint density at radius 1 is 1.07 bits per heavy atom. The number of rotatable bonds is 4. The number of nitrogens with zero attached hydrogens (tertiary/aromatic N) is 7. The van der Waals surface area contributed by atoms with Gasteiger partial charge in [0.15, 0.2) is 5.82 Å². The van der Waals surface area contributed by atoms with E-state index in [-0.39, 0.29) is 5.82 Å². The fourth-order valence-corrected chi connectivity index (χ4v) is 3.45. The van der Waals surface area contributed by atoms with Crippen molar-refractivity contribution in [3.05, 3.63) is 47.7 Å². The minimum atomic E-state index is -0.161. The molecular formula is C19H24FN7. The summed E-state index contributed by atoms with van der Waals surface area (Å²) in [6.07, 6.45) is 0. The Morgan fingerprint density at radius 3 is 2.52 bits per heavy atom. The molecule has 0 radical (unpaired) electrons. The highest BCUT2D eigenvalue weighted by molar-refractivity contribution is 5.48. The van der Waals surface area contributed by atoms with Crippen LogP contribution in [0.1, 0.15) is 11.5 Å². The molecule has 1 saturated heterocycles. The van der Waals surface area contributed by atoms with Gasteiger partial charge in [0.25, 0.3) is 5.78 Å². The number of hydrogen-bond donors (Lipinski definition) is 0. The van der Waals surface area contributed by atoms with Gasteiger partial charge in [0, 0.05) is 52.0 Å². The van der Waals surface area contributed by atoms with Crippen molar-refractivity contribution in [1.29, 1.82) is 0 Å². The van der Waals surface area contributed by atoms with Crippen molar-refractivity contribution >= 4 is 17.3 Å². The molecule has 8 heteroatoms. The molecule has 0 aliphatic carbocycles. The summed E-state index contributed by atoms with van der Waals surface area (Å²) in [6, 6.07) is 8.95. The molecule has 27 heavy (non-hydrogen) atoms. The molecule has 0 amide bonds. The first-order valence-electron chi connectivity index (χ1n) is 9.14. The third-order valence-corrected chi connectivity index (χ3v) is 4.85. The molecule has 3 aromatic rings. The summed E-state index contributed by atoms with van der Waals surface area (Å²) < 4.78 is 15.8. The van der Waals surface area contributed by atoms with Crippen LogP contribution < -0.4 is 9.80 Å². The lowest BCUT2D eigenvalue weighted by molar-refractivity contribution is 0.243. The number of benzene rings is 1. The van der Waals surface area contributed by atoms with Gasteiger partial charge in [-0.05, 0) is 19.1 Å². The van der Waals surface area contributed by atoms with Crippen LogP contribution in [0.25, 0.3) is 5.78 Å². The van der Waals surface area contributed by atoms with Crippen LogP contribution in [0.3, 0.4) is 0 Å². The number of halogens is 1. The molecule has 1 aliphatic rings. The SMILES string of the molecule is Cc1cc(N(C)C)n2nc(CN3CCN(c4ccccc4F)CC3)nc2n1. The first-order valence-corrected chi connectivity index (χ1v) is 9.14. The molecular weight excluding hydrogens is 345 g/mol. The molecule has 0 spiro atoms. The van der Waals surface area contributed by atoms with Crippen LogP contribution in [0.5, 0.6) is 0 Å². The number of aromatic nitrogens is 4. The largest absolute Gasteiger partial charge is 0.367 e. The van der Waals surface area contributed by atoms with Crippen molar-refractivity contribution < 1.29 is 4.39 Å². The molecule has 0 atom stereocenters. The second-order valence-electron chi connectivity index (χ2n) is 7.10. The highest BCUT2D eigenvalue weighted by atomic mass is 19.1. The van der Waals surface area contributed by atoms with E-state index in [2.05, 4.69) is 24.9 Å². The van der Waals surface area contributed by atoms with Crippen LogP contribution in [-0.4, -0.2) is 64.8 Å². The number of anilines is 2. The van der Waals surface area contributed by atoms with Crippen molar-refractivity contribution in [3.63, 3.8) is 0 Å². The van der Waals surface area contributed by atoms with Crippen molar-refractivity contribution in [1.82, 2.24) is 24.5 Å². The van der Waals surface area contributed by atoms with Gasteiger partial charge in [0.2, 0.25) is 0 Å². The fourth-order valence-electron chi connectivity index (χ4n) is 3.45. The maximum atomic E-state index is 14.0. The van der Waals surface area contributed by atoms with Crippen molar-refractivity contribution in [3.8, 4) is 0 Å². The number of piperazine rings is 1. The molecule has 4 rings (SSSR count). The summed E-state index contributed by atoms with van der Waals surface area (Å²) in [5.41, 5.74) is 1.60. The van der Waals surface area contributed by atoms with E-state index >= 15 is 0 Å². The lowest BCUT2D eigenvalue weighted by atomic mass is 10.2. The Kier molecular flexibility index (Phi) is 4.65. The van der Waals surface area contributed by atoms with E-state index in [0.717, 1.165) is 43.5 Å². The van der Waals surface area contributed by atoms with E-state index in [4.69, 9.17) is 0 Å². The van der Waals surface area contributed by atoms with E-state index in [1.165, 1.54) is 6.07 Å². The second-order valence-corrected chi connectivity index (χ2v) is 7.10. The molecule has 0 unspecified atom stereocenters. The Balaban J connectivity index is 1.46. The normalized spacial score (nSPS) is 15.5. The minimum absolute atomic E-state index is 0.161. The summed E-state index contributed by atoms with van der Waals surface area (Å²) in [5, 5.41) is 4.65. The quantitative estimate of drug-likeness (QED) is 0.701.